The molecule has 7 nitrogen and oxygen atoms in total. The summed E-state index contributed by atoms with van der Waals surface area (Å²) in [5.74, 6) is 0.283. The highest BCUT2D eigenvalue weighted by Crippen LogP contribution is 2.11. The van der Waals surface area contributed by atoms with E-state index >= 15 is 0 Å². The van der Waals surface area contributed by atoms with Crippen LogP contribution < -0.4 is 11.1 Å². The molecule has 0 fully saturated rings. The average Bonchev–Trinajstić information content (AvgIpc) is 2.93. The minimum absolute atomic E-state index is 0.165. The number of hydrogen-bond acceptors (Lipinski definition) is 5. The van der Waals surface area contributed by atoms with Crippen molar-refractivity contribution in [3.8, 4) is 0 Å². The van der Waals surface area contributed by atoms with Gasteiger partial charge in [0, 0.05) is 5.56 Å². The van der Waals surface area contributed by atoms with Crippen molar-refractivity contribution >= 4 is 5.91 Å². The lowest BCUT2D eigenvalue weighted by Crippen LogP contribution is -2.28. The Bertz CT molecular complexity index is 539. The van der Waals surface area contributed by atoms with Crippen LogP contribution in [0.1, 0.15) is 34.7 Å². The van der Waals surface area contributed by atoms with Crippen LogP contribution in [0.25, 0.3) is 0 Å². The van der Waals surface area contributed by atoms with Crippen LogP contribution in [-0.2, 0) is 6.42 Å². The second kappa shape index (κ2) is 6.05. The second-order valence-electron chi connectivity index (χ2n) is 4.16. The van der Waals surface area contributed by atoms with Gasteiger partial charge in [-0.2, -0.15) is 5.21 Å². The van der Waals surface area contributed by atoms with Gasteiger partial charge in [0.25, 0.3) is 5.91 Å². The number of carbonyl (C=O) groups is 1. The van der Waals surface area contributed by atoms with Crippen LogP contribution in [-0.4, -0.2) is 33.1 Å². The molecular weight excluding hydrogens is 244 g/mol. The predicted molar refractivity (Wildman–Crippen MR) is 69.3 cm³/mol. The van der Waals surface area contributed by atoms with Crippen molar-refractivity contribution in [2.24, 2.45) is 5.73 Å². The molecule has 2 aromatic rings. The largest absolute Gasteiger partial charge is 0.342 e. The van der Waals surface area contributed by atoms with Gasteiger partial charge in [0.1, 0.15) is 0 Å². The van der Waals surface area contributed by atoms with Crippen LogP contribution >= 0.6 is 0 Å². The molecule has 100 valence electrons. The maximum Gasteiger partial charge on any atom is 0.252 e. The monoisotopic (exact) mass is 260 g/mol. The summed E-state index contributed by atoms with van der Waals surface area (Å²) in [4.78, 5) is 12.2. The van der Waals surface area contributed by atoms with Crippen LogP contribution in [0.4, 0.5) is 0 Å². The van der Waals surface area contributed by atoms with E-state index in [1.807, 2.05) is 18.2 Å². The Morgan fingerprint density at radius 3 is 2.95 bits per heavy atom. The van der Waals surface area contributed by atoms with Gasteiger partial charge >= 0.3 is 0 Å². The summed E-state index contributed by atoms with van der Waals surface area (Å²) in [6.45, 7) is 2.30. The fraction of sp³-hybridized carbons (Fsp3) is 0.333. The number of nitrogens with one attached hydrogen (secondary N) is 2. The van der Waals surface area contributed by atoms with Gasteiger partial charge in [-0.3, -0.25) is 4.79 Å². The number of carbonyl (C=O) groups excluding carboxylic acids is 1. The molecule has 0 saturated heterocycles. The number of nitrogens with two attached hydrogens (primary N) is 1. The number of amides is 1. The summed E-state index contributed by atoms with van der Waals surface area (Å²) in [5, 5.41) is 16.3. The first-order valence-electron chi connectivity index (χ1n) is 6.04. The lowest BCUT2D eigenvalue weighted by Gasteiger charge is -2.12. The lowest BCUT2D eigenvalue weighted by atomic mass is 10.0. The minimum atomic E-state index is -0.308. The van der Waals surface area contributed by atoms with Gasteiger partial charge in [0.2, 0.25) is 0 Å². The van der Waals surface area contributed by atoms with Crippen LogP contribution in [0, 0.1) is 0 Å². The van der Waals surface area contributed by atoms with E-state index in [-0.39, 0.29) is 11.9 Å². The normalized spacial score (nSPS) is 12.1. The Morgan fingerprint density at radius 2 is 2.26 bits per heavy atom. The first-order chi connectivity index (χ1) is 9.22. The highest BCUT2D eigenvalue weighted by atomic mass is 16.1. The standard InChI is InChI=1S/C12H16N6O/c1-8(11-15-17-18-16-11)14-12(19)10-5-3-2-4-9(10)6-7-13/h2-5,8H,6-7,13H2,1H3,(H,14,19)(H,15,16,17,18). The molecule has 0 aliphatic rings. The van der Waals surface area contributed by atoms with E-state index < -0.39 is 0 Å². The molecule has 19 heavy (non-hydrogen) atoms. The van der Waals surface area contributed by atoms with E-state index in [2.05, 4.69) is 25.9 Å². The number of nitrogens with zero attached hydrogens (tertiary/aromatic N) is 3. The summed E-state index contributed by atoms with van der Waals surface area (Å²) in [5.41, 5.74) is 7.11. The second-order valence-corrected chi connectivity index (χ2v) is 4.16. The highest BCUT2D eigenvalue weighted by Gasteiger charge is 2.16. The number of aromatic nitrogens is 4. The van der Waals surface area contributed by atoms with Gasteiger partial charge in [-0.05, 0) is 31.5 Å². The number of H-pyrrole nitrogens is 1. The van der Waals surface area contributed by atoms with Gasteiger partial charge in [-0.1, -0.05) is 23.4 Å². The van der Waals surface area contributed by atoms with E-state index in [4.69, 9.17) is 5.73 Å². The first kappa shape index (κ1) is 13.2. The van der Waals surface area contributed by atoms with Crippen molar-refractivity contribution < 1.29 is 4.79 Å². The zero-order valence-corrected chi connectivity index (χ0v) is 10.6. The van der Waals surface area contributed by atoms with Crippen molar-refractivity contribution in [1.29, 1.82) is 0 Å². The third kappa shape index (κ3) is 3.14. The number of benzene rings is 1. The topological polar surface area (TPSA) is 110 Å². The average molecular weight is 260 g/mol. The third-order valence-corrected chi connectivity index (χ3v) is 2.77. The first-order valence-corrected chi connectivity index (χ1v) is 6.04. The van der Waals surface area contributed by atoms with Crippen LogP contribution in [0.15, 0.2) is 24.3 Å². The van der Waals surface area contributed by atoms with Crippen molar-refractivity contribution in [2.75, 3.05) is 6.54 Å². The summed E-state index contributed by atoms with van der Waals surface area (Å²) >= 11 is 0. The molecule has 0 spiro atoms. The molecule has 4 N–H and O–H groups in total. The number of hydrogen-bond donors (Lipinski definition) is 3. The Kier molecular flexibility index (Phi) is 4.19. The summed E-state index contributed by atoms with van der Waals surface area (Å²) in [7, 11) is 0. The molecule has 1 aromatic heterocycles. The molecule has 1 unspecified atom stereocenters. The fourth-order valence-electron chi connectivity index (χ4n) is 1.81. The SMILES string of the molecule is CC(NC(=O)c1ccccc1CCN)c1nn[nH]n1. The molecule has 0 aliphatic heterocycles. The van der Waals surface area contributed by atoms with E-state index in [9.17, 15) is 4.79 Å². The molecule has 2 rings (SSSR count). The predicted octanol–water partition coefficient (Wildman–Crippen LogP) is 0.192. The zero-order valence-electron chi connectivity index (χ0n) is 10.6. The van der Waals surface area contributed by atoms with Crippen molar-refractivity contribution in [3.63, 3.8) is 0 Å². The maximum absolute atomic E-state index is 12.2. The molecule has 0 radical (unpaired) electrons. The molecule has 0 aliphatic carbocycles. The van der Waals surface area contributed by atoms with E-state index in [1.54, 1.807) is 13.0 Å². The molecule has 7 heteroatoms. The Morgan fingerprint density at radius 1 is 1.47 bits per heavy atom. The molecule has 0 saturated carbocycles. The Hall–Kier alpha value is -2.28. The van der Waals surface area contributed by atoms with Gasteiger partial charge < -0.3 is 11.1 Å². The minimum Gasteiger partial charge on any atom is -0.342 e. The molecular formula is C12H16N6O. The number of aromatic amines is 1. The van der Waals surface area contributed by atoms with Crippen molar-refractivity contribution in [1.82, 2.24) is 25.9 Å². The quantitative estimate of drug-likeness (QED) is 0.711. The van der Waals surface area contributed by atoms with E-state index in [0.717, 1.165) is 5.56 Å². The summed E-state index contributed by atoms with van der Waals surface area (Å²) in [6.07, 6.45) is 0.667. The smallest absolute Gasteiger partial charge is 0.252 e. The van der Waals surface area contributed by atoms with E-state index in [1.165, 1.54) is 0 Å². The van der Waals surface area contributed by atoms with Gasteiger partial charge in [-0.15, -0.1) is 10.2 Å². The molecule has 1 atom stereocenters. The molecule has 1 heterocycles. The summed E-state index contributed by atoms with van der Waals surface area (Å²) in [6, 6.07) is 7.10. The van der Waals surface area contributed by atoms with Crippen LogP contribution in [0.5, 0.6) is 0 Å². The van der Waals surface area contributed by atoms with Crippen LogP contribution in [0.3, 0.4) is 0 Å². The van der Waals surface area contributed by atoms with Crippen molar-refractivity contribution in [2.45, 2.75) is 19.4 Å². The summed E-state index contributed by atoms with van der Waals surface area (Å²) < 4.78 is 0. The van der Waals surface area contributed by atoms with Gasteiger partial charge in [-0.25, -0.2) is 0 Å². The maximum atomic E-state index is 12.2. The Labute approximate surface area is 110 Å². The molecule has 1 aromatic carbocycles. The van der Waals surface area contributed by atoms with Gasteiger partial charge in [0.05, 0.1) is 6.04 Å². The van der Waals surface area contributed by atoms with Crippen LogP contribution in [0.2, 0.25) is 0 Å². The van der Waals surface area contributed by atoms with Crippen molar-refractivity contribution in [3.05, 3.63) is 41.2 Å². The highest BCUT2D eigenvalue weighted by molar-refractivity contribution is 5.95. The number of rotatable bonds is 5. The zero-order chi connectivity index (χ0) is 13.7. The molecule has 1 amide bonds. The van der Waals surface area contributed by atoms with Gasteiger partial charge in [0.15, 0.2) is 5.82 Å². The fourth-order valence-corrected chi connectivity index (χ4v) is 1.81. The molecule has 0 bridgehead atoms. The Balaban J connectivity index is 2.11. The number of tetrazole rings is 1. The third-order valence-electron chi connectivity index (χ3n) is 2.77. The van der Waals surface area contributed by atoms with E-state index in [0.29, 0.717) is 24.4 Å². The lowest BCUT2D eigenvalue weighted by molar-refractivity contribution is 0.0937.